The van der Waals surface area contributed by atoms with Gasteiger partial charge in [-0.3, -0.25) is 0 Å². The minimum Gasteiger partial charge on any atom is -0.492 e. The molecule has 2 aromatic rings. The predicted octanol–water partition coefficient (Wildman–Crippen LogP) is 1.45. The zero-order valence-corrected chi connectivity index (χ0v) is 10.2. The van der Waals surface area contributed by atoms with E-state index in [0.29, 0.717) is 13.2 Å². The Morgan fingerprint density at radius 1 is 1.44 bits per heavy atom. The average Bonchev–Trinajstić information content (AvgIpc) is 3.02. The fourth-order valence-electron chi connectivity index (χ4n) is 2.27. The molecule has 1 atom stereocenters. The molecule has 1 aliphatic heterocycles. The third-order valence-corrected chi connectivity index (χ3v) is 3.19. The first-order valence-corrected chi connectivity index (χ1v) is 5.98. The third-order valence-electron chi connectivity index (χ3n) is 3.19. The van der Waals surface area contributed by atoms with Crippen LogP contribution in [0.3, 0.4) is 0 Å². The zero-order chi connectivity index (χ0) is 12.4. The Hall–Kier alpha value is -1.88. The standard InChI is InChI=1S/C13H15N3O2/c1-17-7-6-16-9-14-15-13(16)11-8-18-12-5-3-2-4-10(11)12/h2-5,9,11H,6-8H2,1H3. The molecule has 0 bridgehead atoms. The van der Waals surface area contributed by atoms with Gasteiger partial charge in [-0.05, 0) is 6.07 Å². The molecule has 0 spiro atoms. The predicted molar refractivity (Wildman–Crippen MR) is 65.7 cm³/mol. The molecule has 18 heavy (non-hydrogen) atoms. The second-order valence-electron chi connectivity index (χ2n) is 4.28. The SMILES string of the molecule is COCCn1cnnc1C1COc2ccccc21. The van der Waals surface area contributed by atoms with Gasteiger partial charge in [0.15, 0.2) is 0 Å². The van der Waals surface area contributed by atoms with Crippen LogP contribution in [0.25, 0.3) is 0 Å². The first-order chi connectivity index (χ1) is 8.90. The van der Waals surface area contributed by atoms with E-state index in [9.17, 15) is 0 Å². The van der Waals surface area contributed by atoms with E-state index in [1.165, 1.54) is 5.56 Å². The largest absolute Gasteiger partial charge is 0.492 e. The van der Waals surface area contributed by atoms with Crippen molar-refractivity contribution in [3.05, 3.63) is 42.0 Å². The Labute approximate surface area is 105 Å². The van der Waals surface area contributed by atoms with Crippen LogP contribution in [-0.4, -0.2) is 35.1 Å². The summed E-state index contributed by atoms with van der Waals surface area (Å²) in [5, 5.41) is 8.22. The Morgan fingerprint density at radius 2 is 2.33 bits per heavy atom. The quantitative estimate of drug-likeness (QED) is 0.818. The maximum atomic E-state index is 5.68. The van der Waals surface area contributed by atoms with E-state index in [-0.39, 0.29) is 5.92 Å². The summed E-state index contributed by atoms with van der Waals surface area (Å²) in [6, 6.07) is 8.08. The number of rotatable bonds is 4. The van der Waals surface area contributed by atoms with Crippen molar-refractivity contribution < 1.29 is 9.47 Å². The van der Waals surface area contributed by atoms with Crippen molar-refractivity contribution in [1.29, 1.82) is 0 Å². The average molecular weight is 245 g/mol. The Morgan fingerprint density at radius 3 is 3.22 bits per heavy atom. The molecule has 1 aliphatic rings. The number of nitrogens with zero attached hydrogens (tertiary/aromatic N) is 3. The molecule has 1 aromatic heterocycles. The minimum atomic E-state index is 0.167. The van der Waals surface area contributed by atoms with Crippen LogP contribution in [-0.2, 0) is 11.3 Å². The lowest BCUT2D eigenvalue weighted by Gasteiger charge is -2.10. The van der Waals surface area contributed by atoms with E-state index >= 15 is 0 Å². The molecule has 0 amide bonds. The summed E-state index contributed by atoms with van der Waals surface area (Å²) in [6.07, 6.45) is 1.75. The molecule has 5 heteroatoms. The lowest BCUT2D eigenvalue weighted by atomic mass is 10.0. The van der Waals surface area contributed by atoms with Crippen molar-refractivity contribution in [3.8, 4) is 5.75 Å². The van der Waals surface area contributed by atoms with Gasteiger partial charge in [-0.2, -0.15) is 0 Å². The molecule has 2 heterocycles. The van der Waals surface area contributed by atoms with Crippen LogP contribution >= 0.6 is 0 Å². The van der Waals surface area contributed by atoms with E-state index in [2.05, 4.69) is 16.3 Å². The number of aromatic nitrogens is 3. The van der Waals surface area contributed by atoms with Crippen LogP contribution in [0.2, 0.25) is 0 Å². The van der Waals surface area contributed by atoms with Crippen molar-refractivity contribution in [2.45, 2.75) is 12.5 Å². The molecule has 0 radical (unpaired) electrons. The highest BCUT2D eigenvalue weighted by molar-refractivity contribution is 5.42. The van der Waals surface area contributed by atoms with Crippen LogP contribution in [0.1, 0.15) is 17.3 Å². The van der Waals surface area contributed by atoms with Gasteiger partial charge in [-0.15, -0.1) is 10.2 Å². The number of methoxy groups -OCH3 is 1. The van der Waals surface area contributed by atoms with Gasteiger partial charge >= 0.3 is 0 Å². The Kier molecular flexibility index (Phi) is 2.98. The molecule has 0 saturated heterocycles. The summed E-state index contributed by atoms with van der Waals surface area (Å²) >= 11 is 0. The number of benzene rings is 1. The Balaban J connectivity index is 1.90. The van der Waals surface area contributed by atoms with Gasteiger partial charge in [0.1, 0.15) is 24.5 Å². The maximum absolute atomic E-state index is 5.68. The van der Waals surface area contributed by atoms with Crippen LogP contribution in [0, 0.1) is 0 Å². The number of hydrogen-bond acceptors (Lipinski definition) is 4. The van der Waals surface area contributed by atoms with Crippen molar-refractivity contribution in [2.75, 3.05) is 20.3 Å². The second-order valence-corrected chi connectivity index (χ2v) is 4.28. The topological polar surface area (TPSA) is 49.2 Å². The monoisotopic (exact) mass is 245 g/mol. The fourth-order valence-corrected chi connectivity index (χ4v) is 2.27. The molecule has 0 saturated carbocycles. The highest BCUT2D eigenvalue weighted by Crippen LogP contribution is 2.36. The number of ether oxygens (including phenoxy) is 2. The summed E-state index contributed by atoms with van der Waals surface area (Å²) < 4.78 is 12.8. The van der Waals surface area contributed by atoms with Crippen LogP contribution in [0.15, 0.2) is 30.6 Å². The van der Waals surface area contributed by atoms with Crippen molar-refractivity contribution in [1.82, 2.24) is 14.8 Å². The van der Waals surface area contributed by atoms with Crippen molar-refractivity contribution in [2.24, 2.45) is 0 Å². The van der Waals surface area contributed by atoms with Crippen molar-refractivity contribution in [3.63, 3.8) is 0 Å². The van der Waals surface area contributed by atoms with E-state index in [4.69, 9.17) is 9.47 Å². The lowest BCUT2D eigenvalue weighted by Crippen LogP contribution is -2.13. The van der Waals surface area contributed by atoms with Crippen LogP contribution in [0.4, 0.5) is 0 Å². The summed E-state index contributed by atoms with van der Waals surface area (Å²) in [5.41, 5.74) is 1.18. The number of hydrogen-bond donors (Lipinski definition) is 0. The van der Waals surface area contributed by atoms with Gasteiger partial charge < -0.3 is 14.0 Å². The van der Waals surface area contributed by atoms with E-state index in [0.717, 1.165) is 18.1 Å². The summed E-state index contributed by atoms with van der Waals surface area (Å²) in [6.45, 7) is 2.04. The fraction of sp³-hybridized carbons (Fsp3) is 0.385. The van der Waals surface area contributed by atoms with E-state index in [1.54, 1.807) is 13.4 Å². The smallest absolute Gasteiger partial charge is 0.144 e. The summed E-state index contributed by atoms with van der Waals surface area (Å²) in [4.78, 5) is 0. The highest BCUT2D eigenvalue weighted by atomic mass is 16.5. The van der Waals surface area contributed by atoms with Gasteiger partial charge in [0.05, 0.1) is 12.5 Å². The molecule has 1 unspecified atom stereocenters. The second kappa shape index (κ2) is 4.78. The Bertz CT molecular complexity index is 539. The highest BCUT2D eigenvalue weighted by Gasteiger charge is 2.29. The molecule has 94 valence electrons. The number of fused-ring (bicyclic) bond motifs is 1. The molecular formula is C13H15N3O2. The van der Waals surface area contributed by atoms with Crippen LogP contribution < -0.4 is 4.74 Å². The molecule has 0 fully saturated rings. The van der Waals surface area contributed by atoms with Gasteiger partial charge in [-0.25, -0.2) is 0 Å². The molecule has 0 aliphatic carbocycles. The van der Waals surface area contributed by atoms with Gasteiger partial charge in [0.2, 0.25) is 0 Å². The van der Waals surface area contributed by atoms with Gasteiger partial charge in [-0.1, -0.05) is 18.2 Å². The maximum Gasteiger partial charge on any atom is 0.144 e. The van der Waals surface area contributed by atoms with Crippen molar-refractivity contribution >= 4 is 0 Å². The molecule has 3 rings (SSSR count). The normalized spacial score (nSPS) is 17.5. The summed E-state index contributed by atoms with van der Waals surface area (Å²) in [5.74, 6) is 2.06. The molecule has 0 N–H and O–H groups in total. The van der Waals surface area contributed by atoms with Crippen LogP contribution in [0.5, 0.6) is 5.75 Å². The molecule has 1 aromatic carbocycles. The van der Waals surface area contributed by atoms with Gasteiger partial charge in [0.25, 0.3) is 0 Å². The number of para-hydroxylation sites is 1. The lowest BCUT2D eigenvalue weighted by molar-refractivity contribution is 0.185. The first-order valence-electron chi connectivity index (χ1n) is 5.98. The zero-order valence-electron chi connectivity index (χ0n) is 10.2. The summed E-state index contributed by atoms with van der Waals surface area (Å²) in [7, 11) is 1.69. The third kappa shape index (κ3) is 1.86. The minimum absolute atomic E-state index is 0.167. The molecule has 5 nitrogen and oxygen atoms in total. The molecular weight excluding hydrogens is 230 g/mol. The van der Waals surface area contributed by atoms with E-state index in [1.807, 2.05) is 22.8 Å². The first kappa shape index (κ1) is 11.2. The van der Waals surface area contributed by atoms with Gasteiger partial charge in [0, 0.05) is 19.2 Å². The van der Waals surface area contributed by atoms with E-state index < -0.39 is 0 Å².